The highest BCUT2D eigenvalue weighted by molar-refractivity contribution is 7.89. The van der Waals surface area contributed by atoms with E-state index in [0.717, 1.165) is 5.56 Å². The van der Waals surface area contributed by atoms with Crippen LogP contribution in [0.3, 0.4) is 0 Å². The number of hydrogen-bond donors (Lipinski definition) is 2. The molecule has 22 heavy (non-hydrogen) atoms. The van der Waals surface area contributed by atoms with Gasteiger partial charge in [-0.05, 0) is 42.8 Å². The normalized spacial score (nSPS) is 12.7. The molecule has 7 heteroatoms. The Kier molecular flexibility index (Phi) is 4.85. The number of rotatable bonds is 4. The summed E-state index contributed by atoms with van der Waals surface area (Å²) in [5.74, 6) is -0.259. The third-order valence-corrected chi connectivity index (χ3v) is 4.31. The van der Waals surface area contributed by atoms with Crippen molar-refractivity contribution in [1.29, 1.82) is 0 Å². The SMILES string of the molecule is CC(NC(=O)c1cccc(Cl)c1)c1ccc(S(N)(=O)=O)cc1. The maximum atomic E-state index is 12.1. The summed E-state index contributed by atoms with van der Waals surface area (Å²) in [6.45, 7) is 1.80. The van der Waals surface area contributed by atoms with E-state index in [2.05, 4.69) is 5.32 Å². The fraction of sp³-hybridized carbons (Fsp3) is 0.133. The summed E-state index contributed by atoms with van der Waals surface area (Å²) in [6, 6.07) is 12.4. The summed E-state index contributed by atoms with van der Waals surface area (Å²) < 4.78 is 22.4. The van der Waals surface area contributed by atoms with Crippen LogP contribution in [-0.4, -0.2) is 14.3 Å². The molecule has 1 amide bonds. The van der Waals surface area contributed by atoms with Crippen molar-refractivity contribution in [1.82, 2.24) is 5.32 Å². The van der Waals surface area contributed by atoms with Crippen molar-refractivity contribution in [3.05, 3.63) is 64.7 Å². The molecule has 0 aliphatic carbocycles. The van der Waals surface area contributed by atoms with Crippen LogP contribution < -0.4 is 10.5 Å². The predicted molar refractivity (Wildman–Crippen MR) is 85.1 cm³/mol. The summed E-state index contributed by atoms with van der Waals surface area (Å²) >= 11 is 5.85. The van der Waals surface area contributed by atoms with Crippen molar-refractivity contribution in [3.63, 3.8) is 0 Å². The maximum Gasteiger partial charge on any atom is 0.251 e. The van der Waals surface area contributed by atoms with Gasteiger partial charge < -0.3 is 5.32 Å². The fourth-order valence-electron chi connectivity index (χ4n) is 1.94. The van der Waals surface area contributed by atoms with Gasteiger partial charge in [0.05, 0.1) is 10.9 Å². The Morgan fingerprint density at radius 1 is 1.18 bits per heavy atom. The van der Waals surface area contributed by atoms with E-state index in [1.54, 1.807) is 43.3 Å². The van der Waals surface area contributed by atoms with Crippen LogP contribution in [0.1, 0.15) is 28.9 Å². The maximum absolute atomic E-state index is 12.1. The molecule has 116 valence electrons. The highest BCUT2D eigenvalue weighted by Crippen LogP contribution is 2.17. The lowest BCUT2D eigenvalue weighted by Crippen LogP contribution is -2.26. The Labute approximate surface area is 134 Å². The molecule has 0 spiro atoms. The smallest absolute Gasteiger partial charge is 0.251 e. The van der Waals surface area contributed by atoms with Crippen molar-refractivity contribution in [3.8, 4) is 0 Å². The molecule has 3 N–H and O–H groups in total. The molecule has 0 fully saturated rings. The molecule has 0 radical (unpaired) electrons. The molecule has 0 aromatic heterocycles. The minimum Gasteiger partial charge on any atom is -0.346 e. The van der Waals surface area contributed by atoms with Crippen molar-refractivity contribution in [2.24, 2.45) is 5.14 Å². The van der Waals surface area contributed by atoms with Gasteiger partial charge in [0.2, 0.25) is 10.0 Å². The topological polar surface area (TPSA) is 89.3 Å². The molecule has 0 bridgehead atoms. The van der Waals surface area contributed by atoms with E-state index < -0.39 is 10.0 Å². The number of benzene rings is 2. The second-order valence-electron chi connectivity index (χ2n) is 4.82. The Balaban J connectivity index is 2.12. The zero-order valence-electron chi connectivity index (χ0n) is 11.8. The van der Waals surface area contributed by atoms with Crippen LogP contribution in [0.25, 0.3) is 0 Å². The lowest BCUT2D eigenvalue weighted by molar-refractivity contribution is 0.0940. The number of carbonyl (C=O) groups is 1. The number of amides is 1. The van der Waals surface area contributed by atoms with Gasteiger partial charge in [-0.25, -0.2) is 13.6 Å². The first-order chi connectivity index (χ1) is 10.3. The molecule has 2 aromatic carbocycles. The van der Waals surface area contributed by atoms with Gasteiger partial charge >= 0.3 is 0 Å². The van der Waals surface area contributed by atoms with Gasteiger partial charge in [0.25, 0.3) is 5.91 Å². The van der Waals surface area contributed by atoms with Crippen LogP contribution >= 0.6 is 11.6 Å². The molecule has 2 aromatic rings. The van der Waals surface area contributed by atoms with E-state index in [9.17, 15) is 13.2 Å². The van der Waals surface area contributed by atoms with Crippen molar-refractivity contribution < 1.29 is 13.2 Å². The van der Waals surface area contributed by atoms with Gasteiger partial charge in [0.15, 0.2) is 0 Å². The first kappa shape index (κ1) is 16.5. The van der Waals surface area contributed by atoms with Crippen LogP contribution in [0.4, 0.5) is 0 Å². The van der Waals surface area contributed by atoms with Crippen LogP contribution in [-0.2, 0) is 10.0 Å². The van der Waals surface area contributed by atoms with Gasteiger partial charge in [0, 0.05) is 10.6 Å². The Morgan fingerprint density at radius 2 is 1.82 bits per heavy atom. The van der Waals surface area contributed by atoms with E-state index in [0.29, 0.717) is 10.6 Å². The van der Waals surface area contributed by atoms with Crippen molar-refractivity contribution in [2.45, 2.75) is 17.9 Å². The van der Waals surface area contributed by atoms with Crippen LogP contribution in [0.2, 0.25) is 5.02 Å². The number of nitrogens with two attached hydrogens (primary N) is 1. The van der Waals surface area contributed by atoms with Crippen molar-refractivity contribution >= 4 is 27.5 Å². The molecule has 2 rings (SSSR count). The fourth-order valence-corrected chi connectivity index (χ4v) is 2.64. The highest BCUT2D eigenvalue weighted by atomic mass is 35.5. The molecule has 0 saturated carbocycles. The molecule has 0 aliphatic rings. The average molecular weight is 339 g/mol. The Bertz CT molecular complexity index is 789. The van der Waals surface area contributed by atoms with Crippen molar-refractivity contribution in [2.75, 3.05) is 0 Å². The number of primary sulfonamides is 1. The lowest BCUT2D eigenvalue weighted by Gasteiger charge is -2.15. The second-order valence-corrected chi connectivity index (χ2v) is 6.82. The summed E-state index contributed by atoms with van der Waals surface area (Å²) in [6.07, 6.45) is 0. The van der Waals surface area contributed by atoms with E-state index in [1.807, 2.05) is 0 Å². The van der Waals surface area contributed by atoms with Gasteiger partial charge in [-0.15, -0.1) is 0 Å². The first-order valence-electron chi connectivity index (χ1n) is 6.46. The third kappa shape index (κ3) is 4.07. The Morgan fingerprint density at radius 3 is 2.36 bits per heavy atom. The summed E-state index contributed by atoms with van der Waals surface area (Å²) in [5, 5.41) is 8.35. The van der Waals surface area contributed by atoms with E-state index in [-0.39, 0.29) is 16.8 Å². The number of carbonyl (C=O) groups excluding carboxylic acids is 1. The Hall–Kier alpha value is -1.89. The van der Waals surface area contributed by atoms with E-state index in [1.165, 1.54) is 12.1 Å². The largest absolute Gasteiger partial charge is 0.346 e. The van der Waals surface area contributed by atoms with Gasteiger partial charge in [-0.3, -0.25) is 4.79 Å². The van der Waals surface area contributed by atoms with Crippen LogP contribution in [0.5, 0.6) is 0 Å². The molecule has 0 aliphatic heterocycles. The molecular weight excluding hydrogens is 324 g/mol. The number of halogens is 1. The zero-order chi connectivity index (χ0) is 16.3. The first-order valence-corrected chi connectivity index (χ1v) is 8.39. The highest BCUT2D eigenvalue weighted by Gasteiger charge is 2.13. The summed E-state index contributed by atoms with van der Waals surface area (Å²) in [7, 11) is -3.72. The molecule has 0 saturated heterocycles. The molecule has 5 nitrogen and oxygen atoms in total. The number of sulfonamides is 1. The number of hydrogen-bond acceptors (Lipinski definition) is 3. The standard InChI is InChI=1S/C15H15ClN2O3S/c1-10(11-5-7-14(8-6-11)22(17,20)21)18-15(19)12-3-2-4-13(16)9-12/h2-10H,1H3,(H,18,19)(H2,17,20,21). The minimum absolute atomic E-state index is 0.0321. The summed E-state index contributed by atoms with van der Waals surface area (Å²) in [4.78, 5) is 12.2. The molecule has 1 atom stereocenters. The minimum atomic E-state index is -3.72. The zero-order valence-corrected chi connectivity index (χ0v) is 13.4. The van der Waals surface area contributed by atoms with E-state index in [4.69, 9.17) is 16.7 Å². The van der Waals surface area contributed by atoms with Gasteiger partial charge in [-0.1, -0.05) is 29.8 Å². The monoisotopic (exact) mass is 338 g/mol. The quantitative estimate of drug-likeness (QED) is 0.897. The van der Waals surface area contributed by atoms with Crippen LogP contribution in [0.15, 0.2) is 53.4 Å². The van der Waals surface area contributed by atoms with Gasteiger partial charge in [0.1, 0.15) is 0 Å². The third-order valence-electron chi connectivity index (χ3n) is 3.14. The molecule has 1 unspecified atom stereocenters. The van der Waals surface area contributed by atoms with E-state index >= 15 is 0 Å². The molecular formula is C15H15ClN2O3S. The summed E-state index contributed by atoms with van der Waals surface area (Å²) in [5.41, 5.74) is 1.23. The van der Waals surface area contributed by atoms with Gasteiger partial charge in [-0.2, -0.15) is 0 Å². The van der Waals surface area contributed by atoms with Crippen LogP contribution in [0, 0.1) is 0 Å². The molecule has 0 heterocycles. The predicted octanol–water partition coefficient (Wildman–Crippen LogP) is 2.48. The number of nitrogens with one attached hydrogen (secondary N) is 1. The average Bonchev–Trinajstić information content (AvgIpc) is 2.46. The lowest BCUT2D eigenvalue weighted by atomic mass is 10.1. The second kappa shape index (κ2) is 6.48.